The van der Waals surface area contributed by atoms with E-state index < -0.39 is 0 Å². The van der Waals surface area contributed by atoms with Crippen LogP contribution in [-0.2, 0) is 0 Å². The van der Waals surface area contributed by atoms with Gasteiger partial charge in [0.15, 0.2) is 5.15 Å². The van der Waals surface area contributed by atoms with Crippen molar-refractivity contribution in [1.82, 2.24) is 9.97 Å². The number of anilines is 1. The van der Waals surface area contributed by atoms with E-state index in [1.54, 1.807) is 0 Å². The zero-order valence-electron chi connectivity index (χ0n) is 10.3. The maximum Gasteiger partial charge on any atom is 0.241 e. The van der Waals surface area contributed by atoms with E-state index in [2.05, 4.69) is 16.9 Å². The van der Waals surface area contributed by atoms with Gasteiger partial charge in [-0.05, 0) is 6.42 Å². The Morgan fingerprint density at radius 2 is 1.88 bits per heavy atom. The molecule has 0 aliphatic rings. The maximum absolute atomic E-state index is 5.76. The minimum atomic E-state index is 0.248. The van der Waals surface area contributed by atoms with Crippen LogP contribution in [0.3, 0.4) is 0 Å². The average molecular weight is 258 g/mol. The van der Waals surface area contributed by atoms with Crippen LogP contribution >= 0.6 is 11.6 Å². The molecule has 0 unspecified atom stereocenters. The van der Waals surface area contributed by atoms with E-state index in [4.69, 9.17) is 22.1 Å². The standard InChI is InChI=1S/C12H20ClN3O/c1-2-3-4-5-6-7-8-17-12-10(14)11(13)15-9-16-12/h9H,2-8,14H2,1H3. The topological polar surface area (TPSA) is 61.0 Å². The molecule has 0 aliphatic carbocycles. The van der Waals surface area contributed by atoms with E-state index in [0.29, 0.717) is 18.2 Å². The minimum Gasteiger partial charge on any atom is -0.476 e. The Hall–Kier alpha value is -1.03. The molecule has 0 radical (unpaired) electrons. The van der Waals surface area contributed by atoms with Gasteiger partial charge in [-0.1, -0.05) is 50.6 Å². The summed E-state index contributed by atoms with van der Waals surface area (Å²) in [6, 6.07) is 0. The molecule has 4 nitrogen and oxygen atoms in total. The third-order valence-electron chi connectivity index (χ3n) is 2.54. The lowest BCUT2D eigenvalue weighted by Gasteiger charge is -2.07. The predicted octanol–water partition coefficient (Wildman–Crippen LogP) is 3.45. The largest absolute Gasteiger partial charge is 0.476 e. The van der Waals surface area contributed by atoms with E-state index in [1.165, 1.54) is 38.4 Å². The third kappa shape index (κ3) is 5.22. The molecule has 0 saturated carbocycles. The van der Waals surface area contributed by atoms with Gasteiger partial charge in [-0.2, -0.15) is 4.98 Å². The smallest absolute Gasteiger partial charge is 0.241 e. The van der Waals surface area contributed by atoms with Crippen molar-refractivity contribution >= 4 is 17.3 Å². The molecule has 0 saturated heterocycles. The van der Waals surface area contributed by atoms with Crippen molar-refractivity contribution in [1.29, 1.82) is 0 Å². The van der Waals surface area contributed by atoms with Crippen LogP contribution in [0, 0.1) is 0 Å². The number of unbranched alkanes of at least 4 members (excludes halogenated alkanes) is 5. The molecule has 0 atom stereocenters. The summed E-state index contributed by atoms with van der Waals surface area (Å²) in [5.74, 6) is 0.388. The quantitative estimate of drug-likeness (QED) is 0.572. The summed E-state index contributed by atoms with van der Waals surface area (Å²) >= 11 is 5.76. The molecule has 2 N–H and O–H groups in total. The maximum atomic E-state index is 5.76. The molecule has 96 valence electrons. The summed E-state index contributed by atoms with van der Waals surface area (Å²) in [7, 11) is 0. The molecule has 0 aliphatic heterocycles. The summed E-state index contributed by atoms with van der Waals surface area (Å²) in [5, 5.41) is 0.248. The Morgan fingerprint density at radius 1 is 1.18 bits per heavy atom. The van der Waals surface area contributed by atoms with Gasteiger partial charge in [0, 0.05) is 0 Å². The number of halogens is 1. The third-order valence-corrected chi connectivity index (χ3v) is 2.84. The van der Waals surface area contributed by atoms with E-state index in [9.17, 15) is 0 Å². The second-order valence-corrected chi connectivity index (χ2v) is 4.36. The Balaban J connectivity index is 2.16. The number of nitrogen functional groups attached to an aromatic ring is 1. The highest BCUT2D eigenvalue weighted by molar-refractivity contribution is 6.32. The number of nitrogens with zero attached hydrogens (tertiary/aromatic N) is 2. The van der Waals surface area contributed by atoms with E-state index in [1.807, 2.05) is 0 Å². The lowest BCUT2D eigenvalue weighted by molar-refractivity contribution is 0.294. The first-order valence-corrected chi connectivity index (χ1v) is 6.52. The van der Waals surface area contributed by atoms with Crippen molar-refractivity contribution in [2.24, 2.45) is 0 Å². The first-order chi connectivity index (χ1) is 8.25. The van der Waals surface area contributed by atoms with Crippen LogP contribution in [0.25, 0.3) is 0 Å². The molecule has 0 spiro atoms. The van der Waals surface area contributed by atoms with Gasteiger partial charge in [-0.25, -0.2) is 4.98 Å². The van der Waals surface area contributed by atoms with Crippen LogP contribution in [0.15, 0.2) is 6.33 Å². The van der Waals surface area contributed by atoms with Gasteiger partial charge in [0.05, 0.1) is 6.61 Å². The van der Waals surface area contributed by atoms with Crippen LogP contribution in [0.4, 0.5) is 5.69 Å². The van der Waals surface area contributed by atoms with Crippen molar-refractivity contribution in [3.05, 3.63) is 11.5 Å². The Bertz CT molecular complexity index is 334. The van der Waals surface area contributed by atoms with Gasteiger partial charge < -0.3 is 10.5 Å². The summed E-state index contributed by atoms with van der Waals surface area (Å²) in [4.78, 5) is 7.71. The molecule has 1 heterocycles. The van der Waals surface area contributed by atoms with Crippen molar-refractivity contribution in [3.63, 3.8) is 0 Å². The number of hydrogen-bond donors (Lipinski definition) is 1. The molecule has 0 fully saturated rings. The van der Waals surface area contributed by atoms with Gasteiger partial charge >= 0.3 is 0 Å². The number of aromatic nitrogens is 2. The zero-order valence-corrected chi connectivity index (χ0v) is 11.0. The van der Waals surface area contributed by atoms with Gasteiger partial charge in [-0.3, -0.25) is 0 Å². The second kappa shape index (κ2) is 8.12. The first-order valence-electron chi connectivity index (χ1n) is 6.14. The van der Waals surface area contributed by atoms with E-state index in [-0.39, 0.29) is 5.15 Å². The highest BCUT2D eigenvalue weighted by atomic mass is 35.5. The Labute approximate surface area is 108 Å². The molecule has 0 aromatic carbocycles. The SMILES string of the molecule is CCCCCCCCOc1ncnc(Cl)c1N. The Kier molecular flexibility index (Phi) is 6.70. The van der Waals surface area contributed by atoms with Crippen LogP contribution in [0.2, 0.25) is 5.15 Å². The number of ether oxygens (including phenoxy) is 1. The zero-order chi connectivity index (χ0) is 12.5. The molecule has 0 bridgehead atoms. The van der Waals surface area contributed by atoms with Crippen molar-refractivity contribution in [2.45, 2.75) is 45.4 Å². The lowest BCUT2D eigenvalue weighted by atomic mass is 10.1. The summed E-state index contributed by atoms with van der Waals surface area (Å²) in [6.07, 6.45) is 8.70. The monoisotopic (exact) mass is 257 g/mol. The molecule has 17 heavy (non-hydrogen) atoms. The van der Waals surface area contributed by atoms with Gasteiger partial charge in [0.2, 0.25) is 5.88 Å². The molecule has 1 rings (SSSR count). The normalized spacial score (nSPS) is 10.5. The highest BCUT2D eigenvalue weighted by Gasteiger charge is 2.06. The fourth-order valence-corrected chi connectivity index (χ4v) is 1.65. The molecular weight excluding hydrogens is 238 g/mol. The Morgan fingerprint density at radius 3 is 2.65 bits per heavy atom. The van der Waals surface area contributed by atoms with Crippen molar-refractivity contribution < 1.29 is 4.74 Å². The molecule has 5 heteroatoms. The van der Waals surface area contributed by atoms with Crippen LogP contribution in [-0.4, -0.2) is 16.6 Å². The fraction of sp³-hybridized carbons (Fsp3) is 0.667. The first kappa shape index (κ1) is 14.0. The number of nitrogens with two attached hydrogens (primary N) is 1. The summed E-state index contributed by atoms with van der Waals surface area (Å²) < 4.78 is 5.46. The molecule has 1 aromatic rings. The van der Waals surface area contributed by atoms with Gasteiger partial charge in [0.1, 0.15) is 12.0 Å². The van der Waals surface area contributed by atoms with Crippen molar-refractivity contribution in [3.8, 4) is 5.88 Å². The fourth-order valence-electron chi connectivity index (χ4n) is 1.53. The lowest BCUT2D eigenvalue weighted by Crippen LogP contribution is -2.03. The second-order valence-electron chi connectivity index (χ2n) is 4.00. The summed E-state index contributed by atoms with van der Waals surface area (Å²) in [5.41, 5.74) is 6.00. The van der Waals surface area contributed by atoms with Crippen LogP contribution in [0.1, 0.15) is 45.4 Å². The highest BCUT2D eigenvalue weighted by Crippen LogP contribution is 2.24. The van der Waals surface area contributed by atoms with Crippen LogP contribution < -0.4 is 10.5 Å². The van der Waals surface area contributed by atoms with Crippen molar-refractivity contribution in [2.75, 3.05) is 12.3 Å². The van der Waals surface area contributed by atoms with Gasteiger partial charge in [0.25, 0.3) is 0 Å². The van der Waals surface area contributed by atoms with E-state index >= 15 is 0 Å². The van der Waals surface area contributed by atoms with E-state index in [0.717, 1.165) is 6.42 Å². The number of hydrogen-bond acceptors (Lipinski definition) is 4. The molecule has 1 aromatic heterocycles. The molecule has 0 amide bonds. The summed E-state index contributed by atoms with van der Waals surface area (Å²) in [6.45, 7) is 2.84. The number of rotatable bonds is 8. The predicted molar refractivity (Wildman–Crippen MR) is 70.3 cm³/mol. The average Bonchev–Trinajstić information content (AvgIpc) is 2.33. The minimum absolute atomic E-state index is 0.248. The van der Waals surface area contributed by atoms with Gasteiger partial charge in [-0.15, -0.1) is 0 Å². The van der Waals surface area contributed by atoms with Crippen LogP contribution in [0.5, 0.6) is 5.88 Å². The molecular formula is C12H20ClN3O.